The fourth-order valence-corrected chi connectivity index (χ4v) is 2.23. The van der Waals surface area contributed by atoms with E-state index < -0.39 is 0 Å². The Bertz CT molecular complexity index is 419. The van der Waals surface area contributed by atoms with Crippen LogP contribution in [0.25, 0.3) is 0 Å². The maximum atomic E-state index is 13.1. The molecule has 0 spiro atoms. The molecule has 1 amide bonds. The molecule has 1 atom stereocenters. The first-order valence-corrected chi connectivity index (χ1v) is 6.45. The van der Waals surface area contributed by atoms with Gasteiger partial charge >= 0.3 is 0 Å². The van der Waals surface area contributed by atoms with Crippen molar-refractivity contribution in [2.75, 3.05) is 11.9 Å². The monoisotopic (exact) mass is 300 g/mol. The molecule has 0 saturated carbocycles. The lowest BCUT2D eigenvalue weighted by Crippen LogP contribution is -2.43. The Morgan fingerprint density at radius 1 is 1.47 bits per heavy atom. The number of halogens is 2. The number of hydrogen-bond donors (Lipinski definition) is 2. The van der Waals surface area contributed by atoms with E-state index in [2.05, 4.69) is 26.6 Å². The largest absolute Gasteiger partial charge is 0.324 e. The molecular weight excluding hydrogens is 287 g/mol. The van der Waals surface area contributed by atoms with Crippen LogP contribution in [0.15, 0.2) is 22.7 Å². The van der Waals surface area contributed by atoms with Gasteiger partial charge in [0.1, 0.15) is 5.82 Å². The number of anilines is 1. The normalized spacial score (nSPS) is 20.0. The van der Waals surface area contributed by atoms with E-state index in [0.717, 1.165) is 25.8 Å². The van der Waals surface area contributed by atoms with Gasteiger partial charge in [0.05, 0.1) is 11.7 Å². The molecule has 2 N–H and O–H groups in total. The number of amides is 1. The summed E-state index contributed by atoms with van der Waals surface area (Å²) in [5.41, 5.74) is 0.474. The van der Waals surface area contributed by atoms with Gasteiger partial charge in [-0.1, -0.05) is 6.42 Å². The summed E-state index contributed by atoms with van der Waals surface area (Å²) in [5, 5.41) is 5.88. The minimum absolute atomic E-state index is 0.101. The van der Waals surface area contributed by atoms with Gasteiger partial charge in [-0.25, -0.2) is 4.39 Å². The van der Waals surface area contributed by atoms with Crippen molar-refractivity contribution < 1.29 is 9.18 Å². The van der Waals surface area contributed by atoms with Crippen molar-refractivity contribution in [3.05, 3.63) is 28.5 Å². The number of carbonyl (C=O) groups is 1. The summed E-state index contributed by atoms with van der Waals surface area (Å²) in [6.07, 6.45) is 2.99. The van der Waals surface area contributed by atoms with Gasteiger partial charge in [-0.3, -0.25) is 4.79 Å². The number of rotatable bonds is 2. The van der Waals surface area contributed by atoms with Gasteiger partial charge < -0.3 is 10.6 Å². The summed E-state index contributed by atoms with van der Waals surface area (Å²) in [4.78, 5) is 11.9. The highest BCUT2D eigenvalue weighted by atomic mass is 79.9. The fourth-order valence-electron chi connectivity index (χ4n) is 1.89. The van der Waals surface area contributed by atoms with Crippen LogP contribution in [0.3, 0.4) is 0 Å². The molecule has 3 nitrogen and oxygen atoms in total. The van der Waals surface area contributed by atoms with Gasteiger partial charge in [0.25, 0.3) is 0 Å². The van der Waals surface area contributed by atoms with Crippen LogP contribution in [0.5, 0.6) is 0 Å². The van der Waals surface area contributed by atoms with Crippen LogP contribution in [0, 0.1) is 5.82 Å². The SMILES string of the molecule is O=C(Nc1cc(F)ccc1Br)[C@@H]1CCCCN1. The maximum Gasteiger partial charge on any atom is 0.241 e. The molecular formula is C12H14BrFN2O. The number of hydrogen-bond acceptors (Lipinski definition) is 2. The van der Waals surface area contributed by atoms with E-state index in [1.807, 2.05) is 0 Å². The summed E-state index contributed by atoms with van der Waals surface area (Å²) in [6, 6.07) is 4.07. The molecule has 0 unspecified atom stereocenters. The third kappa shape index (κ3) is 3.26. The zero-order valence-corrected chi connectivity index (χ0v) is 10.9. The van der Waals surface area contributed by atoms with Crippen molar-refractivity contribution >= 4 is 27.5 Å². The van der Waals surface area contributed by atoms with Crippen LogP contribution in [0.4, 0.5) is 10.1 Å². The Balaban J connectivity index is 2.04. The Labute approximate surface area is 108 Å². The maximum absolute atomic E-state index is 13.1. The molecule has 1 aromatic rings. The molecule has 92 valence electrons. The van der Waals surface area contributed by atoms with Crippen LogP contribution in [-0.2, 0) is 4.79 Å². The topological polar surface area (TPSA) is 41.1 Å². The van der Waals surface area contributed by atoms with E-state index >= 15 is 0 Å². The molecule has 0 aliphatic carbocycles. The minimum Gasteiger partial charge on any atom is -0.324 e. The average molecular weight is 301 g/mol. The van der Waals surface area contributed by atoms with Crippen LogP contribution in [0.2, 0.25) is 0 Å². The highest BCUT2D eigenvalue weighted by Crippen LogP contribution is 2.23. The molecule has 1 heterocycles. The summed E-state index contributed by atoms with van der Waals surface area (Å²) < 4.78 is 13.7. The molecule has 1 fully saturated rings. The number of nitrogens with one attached hydrogen (secondary N) is 2. The Morgan fingerprint density at radius 3 is 3.00 bits per heavy atom. The van der Waals surface area contributed by atoms with Gasteiger partial charge in [-0.05, 0) is 53.5 Å². The lowest BCUT2D eigenvalue weighted by molar-refractivity contribution is -0.118. The second-order valence-corrected chi connectivity index (χ2v) is 4.97. The molecule has 2 rings (SSSR count). The van der Waals surface area contributed by atoms with E-state index in [4.69, 9.17) is 0 Å². The number of piperidine rings is 1. The summed E-state index contributed by atoms with van der Waals surface area (Å²) in [5.74, 6) is -0.462. The van der Waals surface area contributed by atoms with Crippen molar-refractivity contribution in [2.24, 2.45) is 0 Å². The quantitative estimate of drug-likeness (QED) is 0.882. The first-order chi connectivity index (χ1) is 8.16. The van der Waals surface area contributed by atoms with E-state index in [1.54, 1.807) is 6.07 Å². The zero-order valence-electron chi connectivity index (χ0n) is 9.30. The van der Waals surface area contributed by atoms with Crippen LogP contribution < -0.4 is 10.6 Å². The molecule has 17 heavy (non-hydrogen) atoms. The third-order valence-corrected chi connectivity index (χ3v) is 3.50. The summed E-state index contributed by atoms with van der Waals surface area (Å²) >= 11 is 3.28. The Kier molecular flexibility index (Phi) is 4.12. The van der Waals surface area contributed by atoms with Gasteiger partial charge in [0.15, 0.2) is 0 Å². The van der Waals surface area contributed by atoms with Crippen molar-refractivity contribution in [1.29, 1.82) is 0 Å². The Morgan fingerprint density at radius 2 is 2.29 bits per heavy atom. The first-order valence-electron chi connectivity index (χ1n) is 5.66. The van der Waals surface area contributed by atoms with E-state index in [0.29, 0.717) is 10.2 Å². The lowest BCUT2D eigenvalue weighted by Gasteiger charge is -2.22. The van der Waals surface area contributed by atoms with Crippen molar-refractivity contribution in [3.63, 3.8) is 0 Å². The number of benzene rings is 1. The van der Waals surface area contributed by atoms with Crippen molar-refractivity contribution in [1.82, 2.24) is 5.32 Å². The molecule has 1 aromatic carbocycles. The third-order valence-electron chi connectivity index (χ3n) is 2.81. The standard InChI is InChI=1S/C12H14BrFN2O/c13-9-5-4-8(14)7-11(9)16-12(17)10-3-1-2-6-15-10/h4-5,7,10,15H,1-3,6H2,(H,16,17)/t10-/m0/s1. The summed E-state index contributed by atoms with van der Waals surface area (Å²) in [7, 11) is 0. The smallest absolute Gasteiger partial charge is 0.241 e. The highest BCUT2D eigenvalue weighted by molar-refractivity contribution is 9.10. The zero-order chi connectivity index (χ0) is 12.3. The molecule has 5 heteroatoms. The number of carbonyl (C=O) groups excluding carboxylic acids is 1. The summed E-state index contributed by atoms with van der Waals surface area (Å²) in [6.45, 7) is 0.863. The lowest BCUT2D eigenvalue weighted by atomic mass is 10.0. The highest BCUT2D eigenvalue weighted by Gasteiger charge is 2.21. The average Bonchev–Trinajstić information content (AvgIpc) is 2.35. The molecule has 1 aliphatic heterocycles. The molecule has 0 bridgehead atoms. The minimum atomic E-state index is -0.361. The van der Waals surface area contributed by atoms with E-state index in [-0.39, 0.29) is 17.8 Å². The van der Waals surface area contributed by atoms with Crippen LogP contribution in [0.1, 0.15) is 19.3 Å². The van der Waals surface area contributed by atoms with Gasteiger partial charge in [-0.15, -0.1) is 0 Å². The molecule has 0 radical (unpaired) electrons. The Hall–Kier alpha value is -0.940. The predicted octanol–water partition coefficient (Wildman–Crippen LogP) is 2.67. The van der Waals surface area contributed by atoms with E-state index in [1.165, 1.54) is 12.1 Å². The van der Waals surface area contributed by atoms with Gasteiger partial charge in [0.2, 0.25) is 5.91 Å². The molecule has 0 aromatic heterocycles. The van der Waals surface area contributed by atoms with Crippen LogP contribution in [-0.4, -0.2) is 18.5 Å². The first kappa shape index (κ1) is 12.5. The van der Waals surface area contributed by atoms with Crippen molar-refractivity contribution in [3.8, 4) is 0 Å². The second-order valence-electron chi connectivity index (χ2n) is 4.12. The predicted molar refractivity (Wildman–Crippen MR) is 68.4 cm³/mol. The fraction of sp³-hybridized carbons (Fsp3) is 0.417. The molecule has 1 aliphatic rings. The van der Waals surface area contributed by atoms with Gasteiger partial charge in [0, 0.05) is 4.47 Å². The van der Waals surface area contributed by atoms with Crippen LogP contribution >= 0.6 is 15.9 Å². The van der Waals surface area contributed by atoms with E-state index in [9.17, 15) is 9.18 Å². The molecule has 1 saturated heterocycles. The van der Waals surface area contributed by atoms with Crippen molar-refractivity contribution in [2.45, 2.75) is 25.3 Å². The van der Waals surface area contributed by atoms with Gasteiger partial charge in [-0.2, -0.15) is 0 Å². The second kappa shape index (κ2) is 5.60.